The van der Waals surface area contributed by atoms with Crippen molar-refractivity contribution in [1.82, 2.24) is 19.9 Å². The summed E-state index contributed by atoms with van der Waals surface area (Å²) in [5.41, 5.74) is 5.06. The molecule has 3 aromatic heterocycles. The molecule has 0 bridgehead atoms. The number of benzene rings is 1. The Hall–Kier alpha value is -4.29. The lowest BCUT2D eigenvalue weighted by Gasteiger charge is -2.23. The van der Waals surface area contributed by atoms with E-state index in [9.17, 15) is 10.1 Å². The van der Waals surface area contributed by atoms with E-state index in [1.54, 1.807) is 12.3 Å². The van der Waals surface area contributed by atoms with Crippen LogP contribution in [0.15, 0.2) is 42.9 Å². The highest BCUT2D eigenvalue weighted by atomic mass is 16.5. The summed E-state index contributed by atoms with van der Waals surface area (Å²) < 4.78 is 11.5. The molecule has 2 aliphatic heterocycles. The maximum absolute atomic E-state index is 12.3. The third kappa shape index (κ3) is 3.67. The number of nitrogens with zero attached hydrogens (tertiary/aromatic N) is 4. The lowest BCUT2D eigenvalue weighted by Crippen LogP contribution is -2.27. The van der Waals surface area contributed by atoms with Crippen molar-refractivity contribution in [2.24, 2.45) is 0 Å². The minimum atomic E-state index is -0.661. The van der Waals surface area contributed by atoms with Crippen molar-refractivity contribution >= 4 is 22.6 Å². The molecule has 2 N–H and O–H groups in total. The Balaban J connectivity index is 1.35. The number of rotatable bonds is 4. The lowest BCUT2D eigenvalue weighted by molar-refractivity contribution is -0.119. The van der Waals surface area contributed by atoms with Gasteiger partial charge in [-0.2, -0.15) is 5.26 Å². The molecule has 0 radical (unpaired) electrons. The number of H-pyrrole nitrogens is 1. The second-order valence-electron chi connectivity index (χ2n) is 9.62. The second kappa shape index (κ2) is 8.43. The summed E-state index contributed by atoms with van der Waals surface area (Å²) in [5, 5.41) is 13.5. The first kappa shape index (κ1) is 22.2. The van der Waals surface area contributed by atoms with Gasteiger partial charge in [-0.05, 0) is 44.2 Å². The summed E-state index contributed by atoms with van der Waals surface area (Å²) in [4.78, 5) is 29.1. The molecule has 9 nitrogen and oxygen atoms in total. The molecule has 1 saturated heterocycles. The zero-order chi connectivity index (χ0) is 24.9. The van der Waals surface area contributed by atoms with E-state index in [4.69, 9.17) is 9.47 Å². The first-order valence-corrected chi connectivity index (χ1v) is 11.9. The molecule has 0 aliphatic carbocycles. The molecule has 1 amide bonds. The largest absolute Gasteiger partial charge is 0.489 e. The highest BCUT2D eigenvalue weighted by molar-refractivity contribution is 6.05. The minimum absolute atomic E-state index is 0.0472. The number of hydrogen-bond donors (Lipinski definition) is 2. The Labute approximate surface area is 207 Å². The number of nitrogens with one attached hydrogen (secondary N) is 2. The van der Waals surface area contributed by atoms with Crippen LogP contribution in [0.1, 0.15) is 37.9 Å². The maximum Gasteiger partial charge on any atom is 0.236 e. The van der Waals surface area contributed by atoms with Crippen molar-refractivity contribution in [3.8, 4) is 34.3 Å². The van der Waals surface area contributed by atoms with Crippen LogP contribution in [-0.2, 0) is 14.9 Å². The van der Waals surface area contributed by atoms with Crippen LogP contribution in [0.5, 0.6) is 5.75 Å². The molecule has 5 heterocycles. The van der Waals surface area contributed by atoms with Gasteiger partial charge in [0.2, 0.25) is 5.91 Å². The molecule has 0 saturated carbocycles. The van der Waals surface area contributed by atoms with E-state index in [0.29, 0.717) is 41.6 Å². The number of carbonyl (C=O) groups is 1. The molecule has 1 aromatic carbocycles. The standard InChI is InChI=1S/C27H24N6O3/c1-27(2)24-21(33-26(27)34)10-17(13-29-24)20-11-19-23(30-14-31-25(19)32-20)15-3-4-22(16(9-15)12-28)36-18-5-7-35-8-6-18/h3-4,9-11,13-14,18H,5-8H2,1-2H3,(H,33,34)(H,30,31,32). The fraction of sp³-hybridized carbons (Fsp3) is 0.296. The van der Waals surface area contributed by atoms with Crippen LogP contribution in [0.25, 0.3) is 33.5 Å². The normalized spacial score (nSPS) is 17.0. The van der Waals surface area contributed by atoms with Crippen molar-refractivity contribution < 1.29 is 14.3 Å². The van der Waals surface area contributed by atoms with Gasteiger partial charge in [-0.1, -0.05) is 0 Å². The zero-order valence-electron chi connectivity index (χ0n) is 20.0. The fourth-order valence-corrected chi connectivity index (χ4v) is 4.76. The average molecular weight is 481 g/mol. The van der Waals surface area contributed by atoms with E-state index in [1.165, 1.54) is 6.33 Å². The zero-order valence-corrected chi connectivity index (χ0v) is 20.0. The predicted molar refractivity (Wildman–Crippen MR) is 133 cm³/mol. The van der Waals surface area contributed by atoms with Gasteiger partial charge in [-0.3, -0.25) is 9.78 Å². The van der Waals surface area contributed by atoms with Crippen molar-refractivity contribution in [3.05, 3.63) is 54.1 Å². The van der Waals surface area contributed by atoms with Gasteiger partial charge in [0.1, 0.15) is 29.9 Å². The molecule has 0 spiro atoms. The highest BCUT2D eigenvalue weighted by Gasteiger charge is 2.40. The van der Waals surface area contributed by atoms with Gasteiger partial charge >= 0.3 is 0 Å². The number of pyridine rings is 1. The van der Waals surface area contributed by atoms with Gasteiger partial charge in [-0.15, -0.1) is 0 Å². The number of amides is 1. The Morgan fingerprint density at radius 1 is 1.11 bits per heavy atom. The lowest BCUT2D eigenvalue weighted by atomic mass is 9.90. The van der Waals surface area contributed by atoms with Gasteiger partial charge in [0.15, 0.2) is 0 Å². The summed E-state index contributed by atoms with van der Waals surface area (Å²) >= 11 is 0. The van der Waals surface area contributed by atoms with Crippen molar-refractivity contribution in [3.63, 3.8) is 0 Å². The van der Waals surface area contributed by atoms with Crippen LogP contribution in [0.2, 0.25) is 0 Å². The van der Waals surface area contributed by atoms with E-state index < -0.39 is 5.41 Å². The van der Waals surface area contributed by atoms with Gasteiger partial charge < -0.3 is 19.8 Å². The SMILES string of the molecule is CC1(C)C(=O)Nc2cc(-c3cc4c(-c5ccc(OC6CCOCC6)c(C#N)c5)ncnc4[nH]3)cnc21. The predicted octanol–water partition coefficient (Wildman–Crippen LogP) is 4.35. The number of fused-ring (bicyclic) bond motifs is 2. The molecule has 0 unspecified atom stereocenters. The van der Waals surface area contributed by atoms with Crippen LogP contribution in [-0.4, -0.2) is 45.2 Å². The van der Waals surface area contributed by atoms with Gasteiger partial charge in [0.25, 0.3) is 0 Å². The van der Waals surface area contributed by atoms with Crippen LogP contribution in [0.4, 0.5) is 5.69 Å². The molecular weight excluding hydrogens is 456 g/mol. The van der Waals surface area contributed by atoms with E-state index in [-0.39, 0.29) is 12.0 Å². The van der Waals surface area contributed by atoms with Crippen LogP contribution >= 0.6 is 0 Å². The summed E-state index contributed by atoms with van der Waals surface area (Å²) in [7, 11) is 0. The summed E-state index contributed by atoms with van der Waals surface area (Å²) in [6.07, 6.45) is 4.93. The third-order valence-corrected chi connectivity index (χ3v) is 6.87. The number of aromatic nitrogens is 4. The molecule has 0 atom stereocenters. The van der Waals surface area contributed by atoms with Crippen molar-refractivity contribution in [2.75, 3.05) is 18.5 Å². The molecule has 2 aliphatic rings. The first-order chi connectivity index (χ1) is 17.4. The van der Waals surface area contributed by atoms with Crippen molar-refractivity contribution in [2.45, 2.75) is 38.2 Å². The van der Waals surface area contributed by atoms with E-state index in [1.807, 2.05) is 38.1 Å². The number of hydrogen-bond acceptors (Lipinski definition) is 7. The number of aromatic amines is 1. The van der Waals surface area contributed by atoms with E-state index in [0.717, 1.165) is 40.7 Å². The Morgan fingerprint density at radius 2 is 1.94 bits per heavy atom. The Morgan fingerprint density at radius 3 is 2.75 bits per heavy atom. The Bertz CT molecular complexity index is 1550. The van der Waals surface area contributed by atoms with Crippen molar-refractivity contribution in [1.29, 1.82) is 5.26 Å². The van der Waals surface area contributed by atoms with Gasteiger partial charge in [0.05, 0.1) is 41.3 Å². The number of ether oxygens (including phenoxy) is 2. The molecule has 6 rings (SSSR count). The van der Waals surface area contributed by atoms with Gasteiger partial charge in [0, 0.05) is 41.2 Å². The first-order valence-electron chi connectivity index (χ1n) is 11.9. The molecule has 36 heavy (non-hydrogen) atoms. The quantitative estimate of drug-likeness (QED) is 0.445. The highest BCUT2D eigenvalue weighted by Crippen LogP contribution is 2.38. The molecule has 1 fully saturated rings. The number of anilines is 1. The van der Waals surface area contributed by atoms with Crippen LogP contribution in [0, 0.1) is 11.3 Å². The Kier molecular flexibility index (Phi) is 5.20. The smallest absolute Gasteiger partial charge is 0.236 e. The van der Waals surface area contributed by atoms with Crippen LogP contribution in [0.3, 0.4) is 0 Å². The fourth-order valence-electron chi connectivity index (χ4n) is 4.76. The van der Waals surface area contributed by atoms with Gasteiger partial charge in [-0.25, -0.2) is 9.97 Å². The minimum Gasteiger partial charge on any atom is -0.489 e. The monoisotopic (exact) mass is 480 g/mol. The van der Waals surface area contributed by atoms with E-state index >= 15 is 0 Å². The summed E-state index contributed by atoms with van der Waals surface area (Å²) in [6.45, 7) is 5.06. The molecule has 4 aromatic rings. The second-order valence-corrected chi connectivity index (χ2v) is 9.62. The summed E-state index contributed by atoms with van der Waals surface area (Å²) in [6, 6.07) is 11.7. The number of nitriles is 1. The average Bonchev–Trinajstić information content (AvgIpc) is 3.43. The molecule has 9 heteroatoms. The molecule has 180 valence electrons. The van der Waals surface area contributed by atoms with E-state index in [2.05, 4.69) is 31.3 Å². The van der Waals surface area contributed by atoms with Crippen LogP contribution < -0.4 is 10.1 Å². The topological polar surface area (TPSA) is 126 Å². The number of carbonyl (C=O) groups excluding carboxylic acids is 1. The third-order valence-electron chi connectivity index (χ3n) is 6.87. The molecular formula is C27H24N6O3. The maximum atomic E-state index is 12.3. The summed E-state index contributed by atoms with van der Waals surface area (Å²) in [5.74, 6) is 0.506.